The minimum Gasteiger partial charge on any atom is -0.294 e. The molecular weight excluding hydrogens is 296 g/mol. The lowest BCUT2D eigenvalue weighted by molar-refractivity contribution is 0.0981. The van der Waals surface area contributed by atoms with E-state index in [0.29, 0.717) is 0 Å². The molecule has 0 atom stereocenters. The van der Waals surface area contributed by atoms with E-state index >= 15 is 0 Å². The second kappa shape index (κ2) is 5.78. The van der Waals surface area contributed by atoms with Crippen molar-refractivity contribution in [2.24, 2.45) is 0 Å². The van der Waals surface area contributed by atoms with Gasteiger partial charge in [-0.2, -0.15) is 16.8 Å². The summed E-state index contributed by atoms with van der Waals surface area (Å²) in [6, 6.07) is 7.83. The maximum Gasteiger partial charge on any atom is 0.284 e. The highest BCUT2D eigenvalue weighted by atomic mass is 32.3. The summed E-state index contributed by atoms with van der Waals surface area (Å²) in [6.45, 7) is 0. The number of carbonyl (C=O) groups excluding carboxylic acids is 1. The molecule has 0 heterocycles. The third-order valence-electron chi connectivity index (χ3n) is 2.37. The van der Waals surface area contributed by atoms with Crippen LogP contribution in [-0.2, 0) is 20.2 Å². The van der Waals surface area contributed by atoms with Gasteiger partial charge in [-0.3, -0.25) is 13.9 Å². The Morgan fingerprint density at radius 1 is 1.00 bits per heavy atom. The van der Waals surface area contributed by atoms with E-state index in [1.165, 1.54) is 12.1 Å². The molecule has 0 saturated heterocycles. The fourth-order valence-electron chi connectivity index (χ4n) is 1.47. The van der Waals surface area contributed by atoms with Crippen LogP contribution >= 0.6 is 0 Å². The standard InChI is InChI=1S/C10H12O7S2/c11-9(8-4-2-1-3-5-8)6-7-10(18(12,13)14)19(15,16)17/h1-5,10H,6-7H2,(H,12,13,14)(H,15,16,17). The third-order valence-corrected chi connectivity index (χ3v) is 5.63. The molecule has 0 spiro atoms. The van der Waals surface area contributed by atoms with Crippen LogP contribution in [0.5, 0.6) is 0 Å². The molecule has 0 aliphatic rings. The summed E-state index contributed by atoms with van der Waals surface area (Å²) in [5.74, 6) is -0.488. The Balaban J connectivity index is 2.83. The van der Waals surface area contributed by atoms with Crippen molar-refractivity contribution in [3.8, 4) is 0 Å². The molecule has 0 radical (unpaired) electrons. The molecule has 1 aromatic rings. The molecule has 9 heteroatoms. The maximum absolute atomic E-state index is 11.7. The van der Waals surface area contributed by atoms with Gasteiger partial charge in [0.05, 0.1) is 0 Å². The highest BCUT2D eigenvalue weighted by molar-refractivity contribution is 8.03. The van der Waals surface area contributed by atoms with Crippen LogP contribution in [-0.4, -0.2) is 36.3 Å². The van der Waals surface area contributed by atoms with E-state index in [1.807, 2.05) is 0 Å². The van der Waals surface area contributed by atoms with E-state index in [1.54, 1.807) is 18.2 Å². The molecule has 0 aliphatic carbocycles. The number of Topliss-reactive ketones (excluding diaryl/α,β-unsaturated/α-hetero) is 1. The zero-order chi connectivity index (χ0) is 14.7. The zero-order valence-corrected chi connectivity index (χ0v) is 11.3. The quantitative estimate of drug-likeness (QED) is 0.586. The van der Waals surface area contributed by atoms with Gasteiger partial charge in [0.25, 0.3) is 20.2 Å². The van der Waals surface area contributed by atoms with Gasteiger partial charge in [0.1, 0.15) is 0 Å². The second-order valence-corrected chi connectivity index (χ2v) is 7.28. The molecule has 0 fully saturated rings. The van der Waals surface area contributed by atoms with E-state index in [9.17, 15) is 21.6 Å². The smallest absolute Gasteiger partial charge is 0.284 e. The fraction of sp³-hybridized carbons (Fsp3) is 0.300. The molecule has 0 aromatic heterocycles. The van der Waals surface area contributed by atoms with Gasteiger partial charge in [0.2, 0.25) is 4.58 Å². The van der Waals surface area contributed by atoms with E-state index in [4.69, 9.17) is 9.11 Å². The number of benzene rings is 1. The van der Waals surface area contributed by atoms with Crippen molar-refractivity contribution in [1.82, 2.24) is 0 Å². The van der Waals surface area contributed by atoms with Gasteiger partial charge >= 0.3 is 0 Å². The molecule has 106 valence electrons. The fourth-order valence-corrected chi connectivity index (χ4v) is 3.53. The molecule has 0 unspecified atom stereocenters. The van der Waals surface area contributed by atoms with Crippen molar-refractivity contribution in [3.05, 3.63) is 35.9 Å². The number of hydrogen-bond acceptors (Lipinski definition) is 5. The number of carbonyl (C=O) groups is 1. The molecular formula is C10H12O7S2. The Labute approximate surface area is 110 Å². The zero-order valence-electron chi connectivity index (χ0n) is 9.63. The molecule has 7 nitrogen and oxygen atoms in total. The van der Waals surface area contributed by atoms with Crippen LogP contribution < -0.4 is 0 Å². The van der Waals surface area contributed by atoms with Crippen LogP contribution in [0.2, 0.25) is 0 Å². The minimum absolute atomic E-state index is 0.284. The average Bonchev–Trinajstić information content (AvgIpc) is 2.26. The number of ketones is 1. The normalized spacial score (nSPS) is 12.6. The summed E-state index contributed by atoms with van der Waals surface area (Å²) in [4.78, 5) is 11.7. The summed E-state index contributed by atoms with van der Waals surface area (Å²) >= 11 is 0. The molecule has 1 aromatic carbocycles. The lowest BCUT2D eigenvalue weighted by Gasteiger charge is -2.09. The second-order valence-electron chi connectivity index (χ2n) is 3.79. The van der Waals surface area contributed by atoms with Crippen LogP contribution in [0.3, 0.4) is 0 Å². The lowest BCUT2D eigenvalue weighted by Crippen LogP contribution is -2.30. The minimum atomic E-state index is -4.99. The highest BCUT2D eigenvalue weighted by Gasteiger charge is 2.35. The van der Waals surface area contributed by atoms with Gasteiger partial charge < -0.3 is 0 Å². The Kier molecular flexibility index (Phi) is 4.80. The monoisotopic (exact) mass is 308 g/mol. The molecule has 0 saturated carbocycles. The summed E-state index contributed by atoms with van der Waals surface area (Å²) in [6.07, 6.45) is -1.15. The Bertz CT molecular complexity index is 614. The first kappa shape index (κ1) is 15.8. The Hall–Kier alpha value is -1.29. The van der Waals surface area contributed by atoms with Crippen LogP contribution in [0, 0.1) is 0 Å². The molecule has 1 rings (SSSR count). The third kappa shape index (κ3) is 4.71. The number of rotatable bonds is 6. The van der Waals surface area contributed by atoms with Gasteiger partial charge in [0.15, 0.2) is 5.78 Å². The summed E-state index contributed by atoms with van der Waals surface area (Å²) in [5.41, 5.74) is 0.284. The van der Waals surface area contributed by atoms with Crippen molar-refractivity contribution in [2.75, 3.05) is 0 Å². The predicted octanol–water partition coefficient (Wildman–Crippen LogP) is 0.751. The van der Waals surface area contributed by atoms with Gasteiger partial charge in [0, 0.05) is 12.0 Å². The topological polar surface area (TPSA) is 126 Å². The molecule has 0 amide bonds. The molecule has 0 bridgehead atoms. The van der Waals surface area contributed by atoms with Crippen LogP contribution in [0.1, 0.15) is 23.2 Å². The Morgan fingerprint density at radius 2 is 1.47 bits per heavy atom. The SMILES string of the molecule is O=C(CCC(S(=O)(=O)O)S(=O)(=O)O)c1ccccc1. The lowest BCUT2D eigenvalue weighted by atomic mass is 10.1. The first-order chi connectivity index (χ1) is 8.62. The van der Waals surface area contributed by atoms with E-state index in [2.05, 4.69) is 0 Å². The van der Waals surface area contributed by atoms with E-state index in [0.717, 1.165) is 0 Å². The van der Waals surface area contributed by atoms with Crippen molar-refractivity contribution in [2.45, 2.75) is 17.4 Å². The molecule has 2 N–H and O–H groups in total. The van der Waals surface area contributed by atoms with Crippen LogP contribution in [0.25, 0.3) is 0 Å². The van der Waals surface area contributed by atoms with Crippen molar-refractivity contribution < 1.29 is 30.7 Å². The van der Waals surface area contributed by atoms with Gasteiger partial charge in [-0.15, -0.1) is 0 Å². The van der Waals surface area contributed by atoms with Crippen molar-refractivity contribution in [1.29, 1.82) is 0 Å². The highest BCUT2D eigenvalue weighted by Crippen LogP contribution is 2.15. The first-order valence-corrected chi connectivity index (χ1v) is 8.14. The summed E-state index contributed by atoms with van der Waals surface area (Å²) in [5, 5.41) is 0. The summed E-state index contributed by atoms with van der Waals surface area (Å²) < 4.78 is 58.4. The average molecular weight is 308 g/mol. The first-order valence-electron chi connectivity index (χ1n) is 5.13. The largest absolute Gasteiger partial charge is 0.294 e. The van der Waals surface area contributed by atoms with Crippen molar-refractivity contribution in [3.63, 3.8) is 0 Å². The van der Waals surface area contributed by atoms with Gasteiger partial charge in [-0.25, -0.2) is 0 Å². The van der Waals surface area contributed by atoms with Crippen LogP contribution in [0.4, 0.5) is 0 Å². The molecule has 0 aliphatic heterocycles. The van der Waals surface area contributed by atoms with Crippen LogP contribution in [0.15, 0.2) is 30.3 Å². The number of hydrogen-bond donors (Lipinski definition) is 2. The van der Waals surface area contributed by atoms with Gasteiger partial charge in [-0.05, 0) is 6.42 Å². The van der Waals surface area contributed by atoms with E-state index in [-0.39, 0.29) is 5.56 Å². The Morgan fingerprint density at radius 3 is 1.89 bits per heavy atom. The van der Waals surface area contributed by atoms with Crippen molar-refractivity contribution >= 4 is 26.0 Å². The predicted molar refractivity (Wildman–Crippen MR) is 66.9 cm³/mol. The van der Waals surface area contributed by atoms with Gasteiger partial charge in [-0.1, -0.05) is 30.3 Å². The maximum atomic E-state index is 11.7. The van der Waals surface area contributed by atoms with E-state index < -0.39 is 43.4 Å². The molecule has 19 heavy (non-hydrogen) atoms. The summed E-state index contributed by atoms with van der Waals surface area (Å²) in [7, 11) is -9.98.